The maximum absolute atomic E-state index is 12.2. The van der Waals surface area contributed by atoms with E-state index < -0.39 is 0 Å². The topological polar surface area (TPSA) is 132 Å². The molecule has 1 aromatic carbocycles. The molecule has 10 nitrogen and oxygen atoms in total. The van der Waals surface area contributed by atoms with E-state index in [1.54, 1.807) is 24.5 Å². The summed E-state index contributed by atoms with van der Waals surface area (Å²) in [6, 6.07) is 15.8. The van der Waals surface area contributed by atoms with Gasteiger partial charge in [0.25, 0.3) is 0 Å². The lowest BCUT2D eigenvalue weighted by Gasteiger charge is -2.13. The largest absolute Gasteiger partial charge is 0.368 e. The summed E-state index contributed by atoms with van der Waals surface area (Å²) in [5.41, 5.74) is 2.06. The molecule has 6 N–H and O–H groups in total. The summed E-state index contributed by atoms with van der Waals surface area (Å²) in [6.07, 6.45) is 3.40. The molecule has 0 atom stereocenters. The molecule has 2 heterocycles. The number of nitrogens with one attached hydrogen (secondary N) is 6. The Morgan fingerprint density at radius 3 is 1.85 bits per heavy atom. The van der Waals surface area contributed by atoms with Crippen molar-refractivity contribution in [2.45, 2.75) is 6.92 Å². The van der Waals surface area contributed by atoms with Gasteiger partial charge in [-0.3, -0.25) is 0 Å². The third-order valence-corrected chi connectivity index (χ3v) is 4.51. The fourth-order valence-electron chi connectivity index (χ4n) is 2.84. The fraction of sp³-hybridized carbons (Fsp3) is 0.217. The average Bonchev–Trinajstić information content (AvgIpc) is 2.83. The summed E-state index contributed by atoms with van der Waals surface area (Å²) in [7, 11) is 0. The van der Waals surface area contributed by atoms with Gasteiger partial charge < -0.3 is 31.9 Å². The number of rotatable bonds is 10. The number of urea groups is 2. The molecule has 0 saturated heterocycles. The molecule has 0 saturated carbocycles. The number of aryl methyl sites for hydroxylation is 1. The molecule has 0 bridgehead atoms. The van der Waals surface area contributed by atoms with E-state index in [0.29, 0.717) is 37.6 Å². The van der Waals surface area contributed by atoms with Crippen LogP contribution in [0.2, 0.25) is 0 Å². The van der Waals surface area contributed by atoms with Crippen molar-refractivity contribution in [1.82, 2.24) is 20.6 Å². The second-order valence-electron chi connectivity index (χ2n) is 7.08. The molecular formula is C23H28N8O2. The van der Waals surface area contributed by atoms with Gasteiger partial charge in [0.15, 0.2) is 0 Å². The number of aromatic nitrogens is 2. The molecule has 3 rings (SSSR count). The van der Waals surface area contributed by atoms with Crippen molar-refractivity contribution in [3.8, 4) is 0 Å². The van der Waals surface area contributed by atoms with Crippen LogP contribution >= 0.6 is 0 Å². The Labute approximate surface area is 192 Å². The molecule has 0 aliphatic carbocycles. The van der Waals surface area contributed by atoms with Crippen LogP contribution in [0.25, 0.3) is 0 Å². The van der Waals surface area contributed by atoms with E-state index in [9.17, 15) is 9.59 Å². The van der Waals surface area contributed by atoms with Gasteiger partial charge >= 0.3 is 12.1 Å². The smallest absolute Gasteiger partial charge is 0.319 e. The second kappa shape index (κ2) is 12.5. The van der Waals surface area contributed by atoms with Crippen LogP contribution in [0, 0.1) is 6.92 Å². The van der Waals surface area contributed by atoms with Gasteiger partial charge in [-0.25, -0.2) is 19.6 Å². The van der Waals surface area contributed by atoms with Crippen molar-refractivity contribution in [1.29, 1.82) is 0 Å². The Bertz CT molecular complexity index is 1030. The zero-order chi connectivity index (χ0) is 23.3. The van der Waals surface area contributed by atoms with Gasteiger partial charge in [0.1, 0.15) is 11.6 Å². The maximum Gasteiger partial charge on any atom is 0.319 e. The first-order valence-corrected chi connectivity index (χ1v) is 10.6. The van der Waals surface area contributed by atoms with Crippen LogP contribution in [0.3, 0.4) is 0 Å². The highest BCUT2D eigenvalue weighted by molar-refractivity contribution is 5.93. The van der Waals surface area contributed by atoms with Crippen molar-refractivity contribution in [3.63, 3.8) is 0 Å². The zero-order valence-electron chi connectivity index (χ0n) is 18.4. The quantitative estimate of drug-likeness (QED) is 0.264. The van der Waals surface area contributed by atoms with E-state index in [1.807, 2.05) is 49.4 Å². The summed E-state index contributed by atoms with van der Waals surface area (Å²) in [5.74, 6) is 1.50. The number of hydrogen-bond donors (Lipinski definition) is 6. The number of anilines is 4. The maximum atomic E-state index is 12.2. The summed E-state index contributed by atoms with van der Waals surface area (Å²) >= 11 is 0. The monoisotopic (exact) mass is 448 g/mol. The molecule has 0 aliphatic heterocycles. The molecular weight excluding hydrogens is 420 g/mol. The fourth-order valence-corrected chi connectivity index (χ4v) is 2.84. The summed E-state index contributed by atoms with van der Waals surface area (Å²) in [4.78, 5) is 32.7. The lowest BCUT2D eigenvalue weighted by atomic mass is 10.2. The molecule has 4 amide bonds. The van der Waals surface area contributed by atoms with Crippen LogP contribution < -0.4 is 31.9 Å². The van der Waals surface area contributed by atoms with Gasteiger partial charge in [-0.1, -0.05) is 18.2 Å². The summed E-state index contributed by atoms with van der Waals surface area (Å²) < 4.78 is 0. The first-order valence-electron chi connectivity index (χ1n) is 10.6. The van der Waals surface area contributed by atoms with Crippen LogP contribution in [-0.4, -0.2) is 48.2 Å². The molecule has 10 heteroatoms. The standard InChI is InChI=1S/C23H28N8O2/c1-17-8-9-18(30-22(32)28-14-12-26-20-6-2-4-10-24-20)16-19(17)31-23(33)29-15-13-27-21-7-3-5-11-25-21/h2-11,16H,12-15H2,1H3,(H,24,26)(H,25,27)(H2,28,30,32)(H2,29,31,33). The minimum absolute atomic E-state index is 0.330. The van der Waals surface area contributed by atoms with Crippen molar-refractivity contribution in [3.05, 3.63) is 72.6 Å². The van der Waals surface area contributed by atoms with Gasteiger partial charge in [-0.15, -0.1) is 0 Å². The van der Waals surface area contributed by atoms with Crippen molar-refractivity contribution in [2.24, 2.45) is 0 Å². The predicted octanol–water partition coefficient (Wildman–Crippen LogP) is 3.25. The normalized spacial score (nSPS) is 10.1. The van der Waals surface area contributed by atoms with Gasteiger partial charge in [0.05, 0.1) is 0 Å². The van der Waals surface area contributed by atoms with Gasteiger partial charge in [0, 0.05) is 49.9 Å². The number of hydrogen-bond acceptors (Lipinski definition) is 6. The predicted molar refractivity (Wildman–Crippen MR) is 131 cm³/mol. The van der Waals surface area contributed by atoms with Crippen molar-refractivity contribution >= 4 is 35.1 Å². The molecule has 0 fully saturated rings. The third-order valence-electron chi connectivity index (χ3n) is 4.51. The first-order chi connectivity index (χ1) is 16.1. The molecule has 0 spiro atoms. The van der Waals surface area contributed by atoms with Crippen LogP contribution in [-0.2, 0) is 0 Å². The third kappa shape index (κ3) is 8.37. The van der Waals surface area contributed by atoms with Crippen molar-refractivity contribution < 1.29 is 9.59 Å². The van der Waals surface area contributed by atoms with Gasteiger partial charge in [-0.2, -0.15) is 0 Å². The summed E-state index contributed by atoms with van der Waals surface area (Å²) in [6.45, 7) is 3.81. The highest BCUT2D eigenvalue weighted by Crippen LogP contribution is 2.20. The molecule has 3 aromatic rings. The van der Waals surface area contributed by atoms with Crippen molar-refractivity contribution in [2.75, 3.05) is 47.4 Å². The van der Waals surface area contributed by atoms with Gasteiger partial charge in [-0.05, 0) is 48.9 Å². The van der Waals surface area contributed by atoms with E-state index >= 15 is 0 Å². The lowest BCUT2D eigenvalue weighted by Crippen LogP contribution is -2.33. The molecule has 172 valence electrons. The van der Waals surface area contributed by atoms with Gasteiger partial charge in [0.2, 0.25) is 0 Å². The van der Waals surface area contributed by atoms with E-state index in [2.05, 4.69) is 41.9 Å². The molecule has 2 aromatic heterocycles. The Morgan fingerprint density at radius 1 is 0.727 bits per heavy atom. The minimum Gasteiger partial charge on any atom is -0.368 e. The number of carbonyl (C=O) groups excluding carboxylic acids is 2. The highest BCUT2D eigenvalue weighted by atomic mass is 16.2. The number of benzene rings is 1. The SMILES string of the molecule is Cc1ccc(NC(=O)NCCNc2ccccn2)cc1NC(=O)NCCNc1ccccn1. The molecule has 0 unspecified atom stereocenters. The van der Waals surface area contributed by atoms with Crippen LogP contribution in [0.5, 0.6) is 0 Å². The Kier molecular flexibility index (Phi) is 8.83. The number of nitrogens with zero attached hydrogens (tertiary/aromatic N) is 2. The molecule has 0 radical (unpaired) electrons. The Hall–Kier alpha value is -4.34. The van der Waals surface area contributed by atoms with Crippen LogP contribution in [0.4, 0.5) is 32.6 Å². The number of carbonyl (C=O) groups is 2. The van der Waals surface area contributed by atoms with E-state index in [1.165, 1.54) is 0 Å². The minimum atomic E-state index is -0.335. The second-order valence-corrected chi connectivity index (χ2v) is 7.08. The highest BCUT2D eigenvalue weighted by Gasteiger charge is 2.07. The number of pyridine rings is 2. The zero-order valence-corrected chi connectivity index (χ0v) is 18.4. The van der Waals surface area contributed by atoms with E-state index in [4.69, 9.17) is 0 Å². The first kappa shape index (κ1) is 23.3. The Morgan fingerprint density at radius 2 is 1.30 bits per heavy atom. The lowest BCUT2D eigenvalue weighted by molar-refractivity contribution is 0.251. The molecule has 0 aliphatic rings. The summed E-state index contributed by atoms with van der Waals surface area (Å²) in [5, 5.41) is 17.4. The number of amides is 4. The van der Waals surface area contributed by atoms with Crippen LogP contribution in [0.1, 0.15) is 5.56 Å². The van der Waals surface area contributed by atoms with E-state index in [-0.39, 0.29) is 12.1 Å². The molecule has 33 heavy (non-hydrogen) atoms. The Balaban J connectivity index is 1.38. The van der Waals surface area contributed by atoms with Crippen LogP contribution in [0.15, 0.2) is 67.0 Å². The average molecular weight is 449 g/mol. The van der Waals surface area contributed by atoms with E-state index in [0.717, 1.165) is 17.2 Å².